The normalized spacial score (nSPS) is 18.5. The third-order valence-corrected chi connectivity index (χ3v) is 2.74. The van der Waals surface area contributed by atoms with Crippen molar-refractivity contribution >= 4 is 5.97 Å². The van der Waals surface area contributed by atoms with Gasteiger partial charge in [-0.25, -0.2) is 0 Å². The lowest BCUT2D eigenvalue weighted by molar-refractivity contribution is -0.143. The molecule has 0 unspecified atom stereocenters. The van der Waals surface area contributed by atoms with Crippen LogP contribution in [0.3, 0.4) is 0 Å². The van der Waals surface area contributed by atoms with Gasteiger partial charge >= 0.3 is 5.97 Å². The van der Waals surface area contributed by atoms with E-state index in [-0.39, 0.29) is 0 Å². The highest BCUT2D eigenvalue weighted by molar-refractivity contribution is 5.77. The predicted molar refractivity (Wildman–Crippen MR) is 46.3 cm³/mol. The number of rotatable bonds is 4. The molecule has 0 saturated heterocycles. The first-order chi connectivity index (χ1) is 6.23. The van der Waals surface area contributed by atoms with Gasteiger partial charge in [0.15, 0.2) is 0 Å². The molecule has 0 atom stereocenters. The standard InChI is InChI=1S/C10H12O3/c11-9(12)10(5-6-10)4-3-8-2-1-7-13-8/h1-2,7H,3-6H2,(H,11,12). The van der Waals surface area contributed by atoms with Crippen molar-refractivity contribution in [1.29, 1.82) is 0 Å². The van der Waals surface area contributed by atoms with Crippen LogP contribution in [0.25, 0.3) is 0 Å². The predicted octanol–water partition coefficient (Wildman–Crippen LogP) is 2.08. The lowest BCUT2D eigenvalue weighted by atomic mass is 10.00. The molecule has 1 aliphatic carbocycles. The maximum absolute atomic E-state index is 10.8. The summed E-state index contributed by atoms with van der Waals surface area (Å²) in [4.78, 5) is 10.8. The summed E-state index contributed by atoms with van der Waals surface area (Å²) >= 11 is 0. The second kappa shape index (κ2) is 2.91. The summed E-state index contributed by atoms with van der Waals surface area (Å²) in [6, 6.07) is 3.72. The fraction of sp³-hybridized carbons (Fsp3) is 0.500. The topological polar surface area (TPSA) is 50.4 Å². The van der Waals surface area contributed by atoms with Gasteiger partial charge in [0.1, 0.15) is 5.76 Å². The van der Waals surface area contributed by atoms with Crippen LogP contribution in [0.4, 0.5) is 0 Å². The van der Waals surface area contributed by atoms with Gasteiger partial charge in [0.25, 0.3) is 0 Å². The van der Waals surface area contributed by atoms with Gasteiger partial charge in [-0.15, -0.1) is 0 Å². The van der Waals surface area contributed by atoms with Crippen molar-refractivity contribution in [1.82, 2.24) is 0 Å². The average molecular weight is 180 g/mol. The monoisotopic (exact) mass is 180 g/mol. The van der Waals surface area contributed by atoms with Gasteiger partial charge < -0.3 is 9.52 Å². The fourth-order valence-electron chi connectivity index (χ4n) is 1.54. The highest BCUT2D eigenvalue weighted by Gasteiger charge is 2.49. The van der Waals surface area contributed by atoms with Gasteiger partial charge in [-0.3, -0.25) is 4.79 Å². The molecule has 0 radical (unpaired) electrons. The van der Waals surface area contributed by atoms with E-state index >= 15 is 0 Å². The van der Waals surface area contributed by atoms with Crippen LogP contribution in [0, 0.1) is 5.41 Å². The second-order valence-corrected chi connectivity index (χ2v) is 3.66. The van der Waals surface area contributed by atoms with Crippen molar-refractivity contribution in [2.75, 3.05) is 0 Å². The van der Waals surface area contributed by atoms with Crippen LogP contribution in [0.15, 0.2) is 22.8 Å². The van der Waals surface area contributed by atoms with E-state index in [0.29, 0.717) is 6.42 Å². The number of aliphatic carboxylic acids is 1. The summed E-state index contributed by atoms with van der Waals surface area (Å²) in [7, 11) is 0. The van der Waals surface area contributed by atoms with Gasteiger partial charge in [0.2, 0.25) is 0 Å². The number of carboxylic acids is 1. The van der Waals surface area contributed by atoms with Crippen LogP contribution in [-0.2, 0) is 11.2 Å². The molecule has 3 nitrogen and oxygen atoms in total. The summed E-state index contributed by atoms with van der Waals surface area (Å²) in [5.74, 6) is 0.228. The third kappa shape index (κ3) is 1.59. The van der Waals surface area contributed by atoms with Gasteiger partial charge in [-0.2, -0.15) is 0 Å². The van der Waals surface area contributed by atoms with Gasteiger partial charge in [-0.05, 0) is 31.4 Å². The van der Waals surface area contributed by atoms with Crippen molar-refractivity contribution in [3.05, 3.63) is 24.2 Å². The molecule has 0 aliphatic heterocycles. The molecule has 1 heterocycles. The molecule has 13 heavy (non-hydrogen) atoms. The SMILES string of the molecule is O=C(O)C1(CCc2ccco2)CC1. The maximum atomic E-state index is 10.8. The number of carboxylic acid groups (broad SMARTS) is 1. The molecular formula is C10H12O3. The molecule has 70 valence electrons. The molecule has 1 N–H and O–H groups in total. The summed E-state index contributed by atoms with van der Waals surface area (Å²) in [5, 5.41) is 8.90. The highest BCUT2D eigenvalue weighted by atomic mass is 16.4. The van der Waals surface area contributed by atoms with Crippen molar-refractivity contribution in [3.8, 4) is 0 Å². The molecule has 2 rings (SSSR count). The Kier molecular flexibility index (Phi) is 1.87. The Morgan fingerprint density at radius 2 is 2.38 bits per heavy atom. The smallest absolute Gasteiger partial charge is 0.309 e. The molecule has 0 amide bonds. The summed E-state index contributed by atoms with van der Waals surface area (Å²) in [6.07, 6.45) is 4.71. The van der Waals surface area contributed by atoms with E-state index < -0.39 is 11.4 Å². The molecule has 1 fully saturated rings. The molecule has 3 heteroatoms. The van der Waals surface area contributed by atoms with E-state index in [1.807, 2.05) is 12.1 Å². The van der Waals surface area contributed by atoms with E-state index in [4.69, 9.17) is 9.52 Å². The van der Waals surface area contributed by atoms with E-state index in [9.17, 15) is 4.79 Å². The Morgan fingerprint density at radius 3 is 2.85 bits per heavy atom. The quantitative estimate of drug-likeness (QED) is 0.771. The van der Waals surface area contributed by atoms with E-state index in [1.165, 1.54) is 0 Å². The zero-order valence-electron chi connectivity index (χ0n) is 7.32. The van der Waals surface area contributed by atoms with E-state index in [1.54, 1.807) is 6.26 Å². The first-order valence-corrected chi connectivity index (χ1v) is 4.49. The molecule has 1 aromatic heterocycles. The zero-order valence-corrected chi connectivity index (χ0v) is 7.32. The third-order valence-electron chi connectivity index (χ3n) is 2.74. The van der Waals surface area contributed by atoms with Crippen molar-refractivity contribution < 1.29 is 14.3 Å². The van der Waals surface area contributed by atoms with Gasteiger partial charge in [0, 0.05) is 6.42 Å². The summed E-state index contributed by atoms with van der Waals surface area (Å²) < 4.78 is 5.14. The summed E-state index contributed by atoms with van der Waals surface area (Å²) in [5.41, 5.74) is -0.424. The largest absolute Gasteiger partial charge is 0.481 e. The molecule has 1 aromatic rings. The average Bonchev–Trinajstić information content (AvgIpc) is 2.73. The molecule has 1 saturated carbocycles. The Hall–Kier alpha value is -1.25. The maximum Gasteiger partial charge on any atom is 0.309 e. The number of aryl methyl sites for hydroxylation is 1. The Morgan fingerprint density at radius 1 is 1.62 bits per heavy atom. The van der Waals surface area contributed by atoms with Crippen LogP contribution >= 0.6 is 0 Å². The van der Waals surface area contributed by atoms with Crippen LogP contribution < -0.4 is 0 Å². The minimum atomic E-state index is -0.654. The number of carbonyl (C=O) groups is 1. The molecule has 0 spiro atoms. The van der Waals surface area contributed by atoms with Crippen molar-refractivity contribution in [3.63, 3.8) is 0 Å². The fourth-order valence-corrected chi connectivity index (χ4v) is 1.54. The first-order valence-electron chi connectivity index (χ1n) is 4.49. The van der Waals surface area contributed by atoms with Crippen molar-refractivity contribution in [2.45, 2.75) is 25.7 Å². The first kappa shape index (κ1) is 8.35. The van der Waals surface area contributed by atoms with Crippen molar-refractivity contribution in [2.24, 2.45) is 5.41 Å². The Bertz CT molecular complexity index is 296. The van der Waals surface area contributed by atoms with Crippen LogP contribution in [0.1, 0.15) is 25.0 Å². The number of hydrogen-bond donors (Lipinski definition) is 1. The Labute approximate surface area is 76.4 Å². The summed E-state index contributed by atoms with van der Waals surface area (Å²) in [6.45, 7) is 0. The van der Waals surface area contributed by atoms with Crippen LogP contribution in [0.5, 0.6) is 0 Å². The van der Waals surface area contributed by atoms with E-state index in [2.05, 4.69) is 0 Å². The lowest BCUT2D eigenvalue weighted by Gasteiger charge is -2.06. The second-order valence-electron chi connectivity index (χ2n) is 3.66. The number of hydrogen-bond acceptors (Lipinski definition) is 2. The van der Waals surface area contributed by atoms with Crippen LogP contribution in [0.2, 0.25) is 0 Å². The van der Waals surface area contributed by atoms with Crippen LogP contribution in [-0.4, -0.2) is 11.1 Å². The lowest BCUT2D eigenvalue weighted by Crippen LogP contribution is -2.15. The molecule has 1 aliphatic rings. The highest BCUT2D eigenvalue weighted by Crippen LogP contribution is 2.49. The van der Waals surface area contributed by atoms with Gasteiger partial charge in [0.05, 0.1) is 11.7 Å². The van der Waals surface area contributed by atoms with Gasteiger partial charge in [-0.1, -0.05) is 0 Å². The van der Waals surface area contributed by atoms with E-state index in [0.717, 1.165) is 25.0 Å². The molecule has 0 aromatic carbocycles. The minimum absolute atomic E-state index is 0.424. The Balaban J connectivity index is 1.90. The zero-order chi connectivity index (χ0) is 9.31. The molecular weight excluding hydrogens is 168 g/mol. The minimum Gasteiger partial charge on any atom is -0.481 e. The molecule has 0 bridgehead atoms. The number of furan rings is 1.